The monoisotopic (exact) mass is 406 g/mol. The molecule has 6 nitrogen and oxygen atoms in total. The van der Waals surface area contributed by atoms with Crippen LogP contribution in [0.1, 0.15) is 11.1 Å². The first-order chi connectivity index (χ1) is 13.8. The molecule has 0 bridgehead atoms. The minimum absolute atomic E-state index is 0.131. The number of hydrogen-bond acceptors (Lipinski definition) is 5. The number of amides is 1. The zero-order valence-corrected chi connectivity index (χ0v) is 15.3. The second-order valence-corrected chi connectivity index (χ2v) is 5.56. The number of alkyl halides is 3. The lowest BCUT2D eigenvalue weighted by Crippen LogP contribution is -2.22. The summed E-state index contributed by atoms with van der Waals surface area (Å²) in [6.45, 7) is -0.271. The van der Waals surface area contributed by atoms with Gasteiger partial charge in [-0.15, -0.1) is 13.2 Å². The van der Waals surface area contributed by atoms with Crippen LogP contribution in [-0.4, -0.2) is 26.0 Å². The Bertz CT molecular complexity index is 921. The molecule has 0 heterocycles. The largest absolute Gasteiger partial charge is 0.573 e. The molecule has 0 fully saturated rings. The molecular weight excluding hydrogens is 389 g/mol. The Balaban J connectivity index is 2.00. The highest BCUT2D eigenvalue weighted by Crippen LogP contribution is 2.28. The SMILES string of the molecule is COc1cc(/C=C/C(=O)NCc2ccccc2OC(F)(F)F)ccc1OCC#N. The summed E-state index contributed by atoms with van der Waals surface area (Å²) in [5.41, 5.74) is 0.814. The highest BCUT2D eigenvalue weighted by Gasteiger charge is 2.31. The number of ether oxygens (including phenoxy) is 3. The first-order valence-electron chi connectivity index (χ1n) is 8.29. The Morgan fingerprint density at radius 3 is 2.62 bits per heavy atom. The molecule has 0 unspecified atom stereocenters. The van der Waals surface area contributed by atoms with Crippen LogP contribution >= 0.6 is 0 Å². The molecule has 9 heteroatoms. The Morgan fingerprint density at radius 1 is 1.17 bits per heavy atom. The summed E-state index contributed by atoms with van der Waals surface area (Å²) < 4.78 is 51.6. The smallest absolute Gasteiger partial charge is 0.493 e. The molecule has 0 atom stereocenters. The first kappa shape index (κ1) is 21.6. The van der Waals surface area contributed by atoms with E-state index in [0.29, 0.717) is 17.1 Å². The fraction of sp³-hybridized carbons (Fsp3) is 0.200. The van der Waals surface area contributed by atoms with Crippen molar-refractivity contribution in [1.82, 2.24) is 5.32 Å². The summed E-state index contributed by atoms with van der Waals surface area (Å²) >= 11 is 0. The summed E-state index contributed by atoms with van der Waals surface area (Å²) in [4.78, 5) is 12.0. The van der Waals surface area contributed by atoms with Crippen molar-refractivity contribution in [3.05, 3.63) is 59.7 Å². The normalized spacial score (nSPS) is 11.0. The van der Waals surface area contributed by atoms with Crippen LogP contribution in [0.4, 0.5) is 13.2 Å². The molecule has 29 heavy (non-hydrogen) atoms. The number of rotatable bonds is 8. The van der Waals surface area contributed by atoms with Crippen molar-refractivity contribution in [2.24, 2.45) is 0 Å². The Labute approximate surface area is 165 Å². The summed E-state index contributed by atoms with van der Waals surface area (Å²) in [7, 11) is 1.44. The van der Waals surface area contributed by atoms with Gasteiger partial charge in [-0.2, -0.15) is 5.26 Å². The van der Waals surface area contributed by atoms with Gasteiger partial charge >= 0.3 is 6.36 Å². The maximum Gasteiger partial charge on any atom is 0.573 e. The van der Waals surface area contributed by atoms with Gasteiger partial charge in [0.15, 0.2) is 18.1 Å². The van der Waals surface area contributed by atoms with Gasteiger partial charge in [0.05, 0.1) is 7.11 Å². The molecule has 0 spiro atoms. The summed E-state index contributed by atoms with van der Waals surface area (Å²) in [5.74, 6) is -0.101. The molecule has 2 aromatic rings. The van der Waals surface area contributed by atoms with E-state index in [9.17, 15) is 18.0 Å². The lowest BCUT2D eigenvalue weighted by Gasteiger charge is -2.13. The van der Waals surface area contributed by atoms with Crippen molar-refractivity contribution in [1.29, 1.82) is 5.26 Å². The number of para-hydroxylation sites is 1. The van der Waals surface area contributed by atoms with Crippen LogP contribution in [-0.2, 0) is 11.3 Å². The minimum Gasteiger partial charge on any atom is -0.493 e. The van der Waals surface area contributed by atoms with E-state index in [4.69, 9.17) is 14.7 Å². The molecule has 152 valence electrons. The van der Waals surface area contributed by atoms with E-state index in [1.165, 1.54) is 37.5 Å². The third kappa shape index (κ3) is 7.10. The second-order valence-electron chi connectivity index (χ2n) is 5.56. The van der Waals surface area contributed by atoms with Gasteiger partial charge in [-0.1, -0.05) is 24.3 Å². The number of carbonyl (C=O) groups is 1. The van der Waals surface area contributed by atoms with Gasteiger partial charge in [0, 0.05) is 18.2 Å². The maximum atomic E-state index is 12.4. The number of nitriles is 1. The van der Waals surface area contributed by atoms with Gasteiger partial charge in [-0.05, 0) is 29.8 Å². The summed E-state index contributed by atoms with van der Waals surface area (Å²) in [6.07, 6.45) is -2.08. The summed E-state index contributed by atoms with van der Waals surface area (Å²) in [6, 6.07) is 12.3. The van der Waals surface area contributed by atoms with Crippen LogP contribution in [0.3, 0.4) is 0 Å². The average Bonchev–Trinajstić information content (AvgIpc) is 2.69. The third-order valence-electron chi connectivity index (χ3n) is 3.56. The molecule has 0 aliphatic rings. The Hall–Kier alpha value is -3.67. The first-order valence-corrected chi connectivity index (χ1v) is 8.29. The zero-order valence-electron chi connectivity index (χ0n) is 15.3. The fourth-order valence-corrected chi connectivity index (χ4v) is 2.30. The Morgan fingerprint density at radius 2 is 1.93 bits per heavy atom. The molecule has 1 N–H and O–H groups in total. The number of methoxy groups -OCH3 is 1. The standard InChI is InChI=1S/C20H17F3N2O4/c1-27-18-12-14(6-8-17(18)28-11-10-24)7-9-19(26)25-13-15-4-2-3-5-16(15)29-20(21,22)23/h2-9,12H,11,13H2,1H3,(H,25,26)/b9-7+. The number of benzene rings is 2. The minimum atomic E-state index is -4.82. The van der Waals surface area contributed by atoms with E-state index in [1.807, 2.05) is 6.07 Å². The van der Waals surface area contributed by atoms with Gasteiger partial charge in [0.1, 0.15) is 11.8 Å². The molecule has 0 aliphatic heterocycles. The molecular formula is C20H17F3N2O4. The fourth-order valence-electron chi connectivity index (χ4n) is 2.30. The number of halogens is 3. The van der Waals surface area contributed by atoms with Crippen molar-refractivity contribution >= 4 is 12.0 Å². The predicted molar refractivity (Wildman–Crippen MR) is 98.1 cm³/mol. The van der Waals surface area contributed by atoms with Crippen molar-refractivity contribution in [3.8, 4) is 23.3 Å². The van der Waals surface area contributed by atoms with Gasteiger partial charge in [0.2, 0.25) is 5.91 Å². The topological polar surface area (TPSA) is 80.6 Å². The van der Waals surface area contributed by atoms with E-state index in [0.717, 1.165) is 0 Å². The zero-order chi connectivity index (χ0) is 21.3. The quantitative estimate of drug-likeness (QED) is 0.674. The Kier molecular flexibility index (Phi) is 7.48. The van der Waals surface area contributed by atoms with Crippen LogP contribution < -0.4 is 19.5 Å². The van der Waals surface area contributed by atoms with Crippen LogP contribution in [0.2, 0.25) is 0 Å². The average molecular weight is 406 g/mol. The third-order valence-corrected chi connectivity index (χ3v) is 3.56. The molecule has 0 radical (unpaired) electrons. The number of carbonyl (C=O) groups excluding carboxylic acids is 1. The molecule has 0 aromatic heterocycles. The van der Waals surface area contributed by atoms with Crippen LogP contribution in [0.25, 0.3) is 6.08 Å². The van der Waals surface area contributed by atoms with Crippen LogP contribution in [0, 0.1) is 11.3 Å². The van der Waals surface area contributed by atoms with Crippen molar-refractivity contribution in [2.75, 3.05) is 13.7 Å². The van der Waals surface area contributed by atoms with Crippen LogP contribution in [0.5, 0.6) is 17.2 Å². The second kappa shape index (κ2) is 10.0. The number of nitrogens with one attached hydrogen (secondary N) is 1. The molecule has 0 saturated carbocycles. The van der Waals surface area contributed by atoms with Crippen molar-refractivity contribution in [3.63, 3.8) is 0 Å². The van der Waals surface area contributed by atoms with Gasteiger partial charge in [0.25, 0.3) is 0 Å². The molecule has 1 amide bonds. The van der Waals surface area contributed by atoms with E-state index in [2.05, 4.69) is 10.1 Å². The van der Waals surface area contributed by atoms with E-state index < -0.39 is 12.3 Å². The van der Waals surface area contributed by atoms with Gasteiger partial charge in [-0.25, -0.2) is 0 Å². The molecule has 2 aromatic carbocycles. The number of nitrogens with zero attached hydrogens (tertiary/aromatic N) is 1. The predicted octanol–water partition coefficient (Wildman–Crippen LogP) is 3.83. The van der Waals surface area contributed by atoms with Crippen molar-refractivity contribution < 1.29 is 32.2 Å². The van der Waals surface area contributed by atoms with Gasteiger partial charge in [-0.3, -0.25) is 4.79 Å². The van der Waals surface area contributed by atoms with Gasteiger partial charge < -0.3 is 19.5 Å². The molecule has 0 saturated heterocycles. The highest BCUT2D eigenvalue weighted by atomic mass is 19.4. The van der Waals surface area contributed by atoms with Crippen molar-refractivity contribution in [2.45, 2.75) is 12.9 Å². The van der Waals surface area contributed by atoms with E-state index >= 15 is 0 Å². The maximum absolute atomic E-state index is 12.4. The summed E-state index contributed by atoms with van der Waals surface area (Å²) in [5, 5.41) is 11.1. The molecule has 2 rings (SSSR count). The van der Waals surface area contributed by atoms with E-state index in [-0.39, 0.29) is 24.5 Å². The highest BCUT2D eigenvalue weighted by molar-refractivity contribution is 5.91. The lowest BCUT2D eigenvalue weighted by atomic mass is 10.1. The van der Waals surface area contributed by atoms with Crippen LogP contribution in [0.15, 0.2) is 48.5 Å². The molecule has 0 aliphatic carbocycles. The van der Waals surface area contributed by atoms with E-state index in [1.54, 1.807) is 24.3 Å². The lowest BCUT2D eigenvalue weighted by molar-refractivity contribution is -0.274. The number of hydrogen-bond donors (Lipinski definition) is 1.